The van der Waals surface area contributed by atoms with Crippen LogP contribution in [-0.2, 0) is 72.5 Å². The molecule has 0 saturated carbocycles. The maximum Gasteiger partial charge on any atom is 0.409 e. The number of imide groups is 1. The molecule has 2 saturated heterocycles. The Balaban J connectivity index is 0.983. The number of amides is 5. The van der Waals surface area contributed by atoms with Gasteiger partial charge in [0.15, 0.2) is 23.9 Å². The van der Waals surface area contributed by atoms with Crippen LogP contribution in [0.5, 0.6) is 5.75 Å². The lowest BCUT2D eigenvalue weighted by molar-refractivity contribution is -0.385. The highest BCUT2D eigenvalue weighted by Gasteiger charge is 2.64. The molecule has 8 atom stereocenters. The van der Waals surface area contributed by atoms with Gasteiger partial charge in [0.05, 0.1) is 46.9 Å². The number of hydrogen-bond donors (Lipinski definition) is 6. The highest BCUT2D eigenvalue weighted by atomic mass is 35.5. The van der Waals surface area contributed by atoms with Crippen molar-refractivity contribution in [1.29, 1.82) is 0 Å². The number of nitrogens with zero attached hydrogens (tertiary/aromatic N) is 4. The molecular formula is C60H69ClN6O20S. The van der Waals surface area contributed by atoms with Crippen molar-refractivity contribution >= 4 is 86.1 Å². The van der Waals surface area contributed by atoms with Gasteiger partial charge in [-0.3, -0.25) is 58.6 Å². The first-order valence-electron chi connectivity index (χ1n) is 28.1. The van der Waals surface area contributed by atoms with E-state index in [4.69, 9.17) is 30.5 Å². The third kappa shape index (κ3) is 17.2. The van der Waals surface area contributed by atoms with E-state index in [0.29, 0.717) is 41.7 Å². The fourth-order valence-electron chi connectivity index (χ4n) is 10.7. The van der Waals surface area contributed by atoms with Crippen LogP contribution in [0, 0.1) is 22.0 Å². The fraction of sp³-hybridized carbons (Fsp3) is 0.450. The van der Waals surface area contributed by atoms with Gasteiger partial charge in [-0.15, -0.1) is 0 Å². The molecule has 1 unspecified atom stereocenters. The summed E-state index contributed by atoms with van der Waals surface area (Å²) >= 11 is 6.76. The highest BCUT2D eigenvalue weighted by molar-refractivity contribution is 7.85. The number of ketones is 2. The molecule has 472 valence electrons. The smallest absolute Gasteiger partial charge is 0.409 e. The minimum atomic E-state index is -4.81. The maximum absolute atomic E-state index is 14.3. The first-order valence-corrected chi connectivity index (χ1v) is 30.1. The van der Waals surface area contributed by atoms with Gasteiger partial charge in [-0.05, 0) is 98.7 Å². The van der Waals surface area contributed by atoms with Gasteiger partial charge >= 0.3 is 12.1 Å². The average Bonchev–Trinajstić information content (AvgIpc) is 1.59. The number of allylic oxidation sites excluding steroid dienone is 3. The highest BCUT2D eigenvalue weighted by Crippen LogP contribution is 2.49. The number of hydrogen-bond acceptors (Lipinski definition) is 20. The van der Waals surface area contributed by atoms with Gasteiger partial charge in [0.1, 0.15) is 41.9 Å². The number of benzene rings is 3. The number of carbonyl (C=O) groups excluding carboxylic acids is 8. The maximum atomic E-state index is 14.3. The van der Waals surface area contributed by atoms with E-state index < -0.39 is 160 Å². The zero-order valence-corrected chi connectivity index (χ0v) is 50.4. The largest absolute Gasteiger partial charge is 0.482 e. The summed E-state index contributed by atoms with van der Waals surface area (Å²) < 4.78 is 56.9. The van der Waals surface area contributed by atoms with Crippen LogP contribution in [0.3, 0.4) is 0 Å². The van der Waals surface area contributed by atoms with E-state index in [-0.39, 0.29) is 53.4 Å². The van der Waals surface area contributed by atoms with Crippen molar-refractivity contribution in [2.24, 2.45) is 16.8 Å². The molecule has 0 aromatic heterocycles. The summed E-state index contributed by atoms with van der Waals surface area (Å²) in [6.07, 6.45) is 3.24. The Bertz CT molecular complexity index is 3460. The predicted octanol–water partition coefficient (Wildman–Crippen LogP) is 4.39. The van der Waals surface area contributed by atoms with Crippen molar-refractivity contribution in [2.45, 2.75) is 121 Å². The molecule has 0 spiro atoms. The number of epoxide rings is 1. The number of alkyl carbamates (subject to hydrolysis) is 1. The predicted molar refractivity (Wildman–Crippen MR) is 316 cm³/mol. The second-order valence-corrected chi connectivity index (χ2v) is 24.1. The number of fused-ring (bicyclic) bond motifs is 5. The third-order valence-electron chi connectivity index (χ3n) is 15.7. The molecule has 7 rings (SSSR count). The Morgan fingerprint density at radius 3 is 2.39 bits per heavy atom. The number of aliphatic imine (C=N–C) groups is 1. The van der Waals surface area contributed by atoms with E-state index in [1.165, 1.54) is 30.1 Å². The Morgan fingerprint density at radius 1 is 1.02 bits per heavy atom. The van der Waals surface area contributed by atoms with Crippen LogP contribution < -0.4 is 20.3 Å². The van der Waals surface area contributed by atoms with Crippen LogP contribution in [0.15, 0.2) is 95.5 Å². The molecule has 3 aromatic carbocycles. The Labute approximate surface area is 511 Å². The summed E-state index contributed by atoms with van der Waals surface area (Å²) in [6.45, 7) is 4.69. The van der Waals surface area contributed by atoms with Gasteiger partial charge in [-0.2, -0.15) is 8.42 Å². The first kappa shape index (κ1) is 67.5. The standard InChI is InChI=1S/C60H69ClN6O20S/c1-34-10-9-11-41(31-69)60(78)28-49(85-58(77)64-60)35(2)57-59(4,87-57)50(27-54(75)65(5)46-25-38(22-34)23-40(30-68)56(46)61)86-55(76)32-84-42-16-14-39(15-17-42)36(3)62-29-48(71)43-18-13-37(24-45(43)67(79)80)26-47(70)44(33-88(81,82)83)63-51(72)12-7-6-8-21-66-52(73)19-20-53(66)74/h9-11,13-20,23-25,35,41,44,49-50,57,68-69,78H,6-8,12,21-22,26-33H2,1-5H3,(H,63,72)(H,64,77)(H,81,82,83)/b11-9+,34-10+,62-36?/t35-,41+,44+,49+,50+,57?,59+,60+/m1/s1. The number of halogens is 1. The molecule has 4 aliphatic heterocycles. The number of rotatable bonds is 23. The number of Topliss-reactive ketones (excluding diaryl/α,β-unsaturated/α-hetero) is 2. The molecule has 3 aromatic rings. The number of anilines is 1. The van der Waals surface area contributed by atoms with Crippen molar-refractivity contribution in [1.82, 2.24) is 15.5 Å². The third-order valence-corrected chi connectivity index (χ3v) is 16.9. The fourth-order valence-corrected chi connectivity index (χ4v) is 11.6. The molecule has 5 amide bonds. The number of unbranched alkanes of at least 4 members (excludes halogenated alkanes) is 2. The lowest BCUT2D eigenvalue weighted by Gasteiger charge is -2.42. The van der Waals surface area contributed by atoms with Gasteiger partial charge in [0.25, 0.3) is 27.6 Å². The Kier molecular flexibility index (Phi) is 22.1. The van der Waals surface area contributed by atoms with E-state index in [1.54, 1.807) is 63.3 Å². The molecule has 4 heterocycles. The van der Waals surface area contributed by atoms with Gasteiger partial charge < -0.3 is 44.5 Å². The van der Waals surface area contributed by atoms with Gasteiger partial charge in [-0.25, -0.2) is 9.59 Å². The number of nitrogens with one attached hydrogen (secondary N) is 2. The first-order chi connectivity index (χ1) is 41.5. The summed E-state index contributed by atoms with van der Waals surface area (Å²) in [5.41, 5.74) is -1.40. The van der Waals surface area contributed by atoms with Crippen molar-refractivity contribution in [2.75, 3.05) is 44.0 Å². The lowest BCUT2D eigenvalue weighted by atomic mass is 9.81. The van der Waals surface area contributed by atoms with Gasteiger partial charge in [0.2, 0.25) is 11.8 Å². The van der Waals surface area contributed by atoms with E-state index in [2.05, 4.69) is 15.6 Å². The molecule has 6 N–H and O–H groups in total. The topological polar surface area (TPSA) is 378 Å². The SMILES string of the molecule is CC(=NCC(=O)c1ccc(CC(=O)[C@H](CS(=O)(=O)O)NC(=O)CCCCCN2C(=O)C=CC2=O)cc1[N+](=O)[O-])c1ccc(OCC(=O)O[C@H]2CC(=O)N(C)c3cc(cc(CO)c3Cl)C/C(C)=C/C=C/[C@@H](CO)[C@@]3(O)C[C@H](OC(=O)N3)[C@@H](C)C3O[C@]32C)cc1. The molecule has 4 bridgehead atoms. The summed E-state index contributed by atoms with van der Waals surface area (Å²) in [5.74, 6) is -7.40. The molecule has 0 aliphatic carbocycles. The number of ether oxygens (including phenoxy) is 4. The molecule has 88 heavy (non-hydrogen) atoms. The second-order valence-electron chi connectivity index (χ2n) is 22.3. The number of carbonyl (C=O) groups is 8. The Hall–Kier alpha value is -8.05. The molecule has 26 nitrogen and oxygen atoms in total. The van der Waals surface area contributed by atoms with Crippen LogP contribution in [-0.4, -0.2) is 166 Å². The van der Waals surface area contributed by atoms with Gasteiger partial charge in [0, 0.05) is 68.6 Å². The van der Waals surface area contributed by atoms with Crippen molar-refractivity contribution in [3.8, 4) is 5.75 Å². The van der Waals surface area contributed by atoms with E-state index in [1.807, 2.05) is 6.92 Å². The van der Waals surface area contributed by atoms with E-state index in [0.717, 1.165) is 34.8 Å². The zero-order chi connectivity index (χ0) is 64.4. The molecule has 2 fully saturated rings. The van der Waals surface area contributed by atoms with E-state index >= 15 is 0 Å². The van der Waals surface area contributed by atoms with Crippen molar-refractivity contribution < 1.29 is 90.5 Å². The normalized spacial score (nSPS) is 24.5. The van der Waals surface area contributed by atoms with Crippen LogP contribution in [0.1, 0.15) is 98.8 Å². The van der Waals surface area contributed by atoms with Crippen LogP contribution in [0.2, 0.25) is 5.02 Å². The van der Waals surface area contributed by atoms with Crippen LogP contribution in [0.4, 0.5) is 16.2 Å². The minimum Gasteiger partial charge on any atom is -0.482 e. The van der Waals surface area contributed by atoms with Crippen molar-refractivity contribution in [3.63, 3.8) is 0 Å². The number of aliphatic hydroxyl groups is 3. The summed E-state index contributed by atoms with van der Waals surface area (Å²) in [7, 11) is -3.32. The summed E-state index contributed by atoms with van der Waals surface area (Å²) in [5, 5.41) is 49.6. The number of nitro groups is 1. The Morgan fingerprint density at radius 2 is 1.73 bits per heavy atom. The molecule has 28 heteroatoms. The summed E-state index contributed by atoms with van der Waals surface area (Å²) in [4.78, 5) is 122. The minimum absolute atomic E-state index is 0.00713. The lowest BCUT2D eigenvalue weighted by Crippen LogP contribution is -2.62. The number of nitro benzene ring substituents is 1. The van der Waals surface area contributed by atoms with Crippen LogP contribution in [0.25, 0.3) is 0 Å². The van der Waals surface area contributed by atoms with E-state index in [9.17, 15) is 76.8 Å². The zero-order valence-electron chi connectivity index (χ0n) is 48.8. The van der Waals surface area contributed by atoms with Crippen molar-refractivity contribution in [3.05, 3.63) is 134 Å². The van der Waals surface area contributed by atoms with Gasteiger partial charge in [-0.1, -0.05) is 60.9 Å². The monoisotopic (exact) mass is 1260 g/mol. The number of esters is 1. The molecule has 4 aliphatic rings. The molecular weight excluding hydrogens is 1190 g/mol. The second kappa shape index (κ2) is 28.8. The van der Waals surface area contributed by atoms with Crippen LogP contribution >= 0.6 is 11.6 Å². The molecule has 0 radical (unpaired) electrons. The number of aliphatic hydroxyl groups excluding tert-OH is 2. The average molecular weight is 1260 g/mol. The quantitative estimate of drug-likeness (QED) is 0.00882. The summed E-state index contributed by atoms with van der Waals surface area (Å²) in [6, 6.07) is 11.1.